The summed E-state index contributed by atoms with van der Waals surface area (Å²) in [5.74, 6) is 1.25. The first-order valence-corrected chi connectivity index (χ1v) is 9.83. The van der Waals surface area contributed by atoms with Crippen LogP contribution in [0.1, 0.15) is 18.5 Å². The number of amides is 1. The number of methoxy groups -OCH3 is 2. The molecule has 2 aromatic rings. The van der Waals surface area contributed by atoms with Crippen molar-refractivity contribution < 1.29 is 24.3 Å². The van der Waals surface area contributed by atoms with Gasteiger partial charge in [0.25, 0.3) is 5.69 Å². The van der Waals surface area contributed by atoms with Crippen LogP contribution in [0.15, 0.2) is 36.4 Å². The zero-order valence-electron chi connectivity index (χ0n) is 17.7. The van der Waals surface area contributed by atoms with Crippen LogP contribution in [0, 0.1) is 10.1 Å². The maximum absolute atomic E-state index is 11.6. The molecule has 10 nitrogen and oxygen atoms in total. The lowest BCUT2D eigenvalue weighted by molar-refractivity contribution is -0.384. The third-order valence-corrected chi connectivity index (χ3v) is 5.34. The highest BCUT2D eigenvalue weighted by Crippen LogP contribution is 2.34. The van der Waals surface area contributed by atoms with Crippen LogP contribution in [0.5, 0.6) is 11.5 Å². The van der Waals surface area contributed by atoms with Gasteiger partial charge in [0.15, 0.2) is 0 Å². The number of ether oxygens (including phenoxy) is 2. The smallest absolute Gasteiger partial charge is 0.407 e. The van der Waals surface area contributed by atoms with E-state index >= 15 is 0 Å². The van der Waals surface area contributed by atoms with E-state index in [1.807, 2.05) is 24.0 Å². The van der Waals surface area contributed by atoms with Gasteiger partial charge in [-0.15, -0.1) is 0 Å². The van der Waals surface area contributed by atoms with E-state index in [1.54, 1.807) is 32.4 Å². The van der Waals surface area contributed by atoms with Gasteiger partial charge in [-0.25, -0.2) is 4.79 Å². The second-order valence-corrected chi connectivity index (χ2v) is 7.23. The highest BCUT2D eigenvalue weighted by molar-refractivity contribution is 5.70. The zero-order valence-corrected chi connectivity index (χ0v) is 17.7. The Balaban J connectivity index is 1.85. The van der Waals surface area contributed by atoms with Crippen LogP contribution < -0.4 is 19.7 Å². The molecular weight excluding hydrogens is 404 g/mol. The number of benzene rings is 2. The van der Waals surface area contributed by atoms with Gasteiger partial charge in [-0.2, -0.15) is 0 Å². The van der Waals surface area contributed by atoms with Crippen LogP contribution in [0.4, 0.5) is 21.9 Å². The molecule has 1 saturated heterocycles. The summed E-state index contributed by atoms with van der Waals surface area (Å²) in [7, 11) is 3.13. The summed E-state index contributed by atoms with van der Waals surface area (Å²) < 4.78 is 10.6. The topological polar surface area (TPSA) is 117 Å². The molecule has 10 heteroatoms. The number of hydrogen-bond acceptors (Lipinski definition) is 7. The molecule has 2 N–H and O–H groups in total. The summed E-state index contributed by atoms with van der Waals surface area (Å²) in [5, 5.41) is 23.9. The minimum atomic E-state index is -0.937. The highest BCUT2D eigenvalue weighted by Gasteiger charge is 2.23. The summed E-state index contributed by atoms with van der Waals surface area (Å²) in [6.07, 6.45) is -0.937. The van der Waals surface area contributed by atoms with E-state index in [9.17, 15) is 14.9 Å². The normalized spacial score (nSPS) is 14.7. The fourth-order valence-corrected chi connectivity index (χ4v) is 3.55. The molecule has 1 atom stereocenters. The van der Waals surface area contributed by atoms with Gasteiger partial charge < -0.3 is 29.7 Å². The SMILES string of the molecule is COc1cc(OC)cc(C(C)Nc2cc(N3CCN(C(=O)O)CC3)ccc2[N+](=O)[O-])c1. The van der Waals surface area contributed by atoms with Crippen LogP contribution in [0.2, 0.25) is 0 Å². The summed E-state index contributed by atoms with van der Waals surface area (Å²) in [4.78, 5) is 25.7. The third-order valence-electron chi connectivity index (χ3n) is 5.34. The minimum absolute atomic E-state index is 0.0327. The van der Waals surface area contributed by atoms with Crippen molar-refractivity contribution >= 4 is 23.2 Å². The van der Waals surface area contributed by atoms with Gasteiger partial charge in [-0.05, 0) is 36.8 Å². The van der Waals surface area contributed by atoms with Crippen molar-refractivity contribution in [1.82, 2.24) is 4.90 Å². The number of nitrogens with one attached hydrogen (secondary N) is 1. The van der Waals surface area contributed by atoms with Crippen molar-refractivity contribution in [2.45, 2.75) is 13.0 Å². The quantitative estimate of drug-likeness (QED) is 0.506. The molecule has 0 bridgehead atoms. The van der Waals surface area contributed by atoms with E-state index in [0.29, 0.717) is 43.4 Å². The summed E-state index contributed by atoms with van der Waals surface area (Å²) in [6, 6.07) is 10.1. The second-order valence-electron chi connectivity index (χ2n) is 7.23. The number of nitro benzene ring substituents is 1. The standard InChI is InChI=1S/C21H26N4O6/c1-14(15-10-17(30-2)13-18(11-15)31-3)22-19-12-16(4-5-20(19)25(28)29)23-6-8-24(9-7-23)21(26)27/h4-5,10-14,22H,6-9H2,1-3H3,(H,26,27). The van der Waals surface area contributed by atoms with Gasteiger partial charge >= 0.3 is 6.09 Å². The fraction of sp³-hybridized carbons (Fsp3) is 0.381. The minimum Gasteiger partial charge on any atom is -0.497 e. The molecule has 1 amide bonds. The molecule has 1 unspecified atom stereocenters. The second kappa shape index (κ2) is 9.41. The Morgan fingerprint density at radius 2 is 1.71 bits per heavy atom. The fourth-order valence-electron chi connectivity index (χ4n) is 3.55. The van der Waals surface area contributed by atoms with E-state index in [1.165, 1.54) is 11.0 Å². The van der Waals surface area contributed by atoms with Gasteiger partial charge in [0, 0.05) is 50.0 Å². The zero-order chi connectivity index (χ0) is 22.5. The average Bonchev–Trinajstić information content (AvgIpc) is 2.78. The molecule has 1 heterocycles. The molecule has 0 aromatic heterocycles. The molecule has 3 rings (SSSR count). The number of anilines is 2. The summed E-state index contributed by atoms with van der Waals surface area (Å²) in [5.41, 5.74) is 2.01. The van der Waals surface area contributed by atoms with Crippen molar-refractivity contribution in [1.29, 1.82) is 0 Å². The molecule has 0 spiro atoms. The molecular formula is C21H26N4O6. The van der Waals surface area contributed by atoms with E-state index in [2.05, 4.69) is 5.32 Å². The number of carboxylic acid groups (broad SMARTS) is 1. The Bertz CT molecular complexity index is 937. The Morgan fingerprint density at radius 3 is 2.23 bits per heavy atom. The van der Waals surface area contributed by atoms with E-state index in [4.69, 9.17) is 14.6 Å². The van der Waals surface area contributed by atoms with Crippen molar-refractivity contribution in [3.63, 3.8) is 0 Å². The first kappa shape index (κ1) is 22.0. The van der Waals surface area contributed by atoms with Crippen molar-refractivity contribution in [3.05, 3.63) is 52.1 Å². The first-order chi connectivity index (χ1) is 14.8. The first-order valence-electron chi connectivity index (χ1n) is 9.83. The lowest BCUT2D eigenvalue weighted by Gasteiger charge is -2.34. The van der Waals surface area contributed by atoms with Gasteiger partial charge in [-0.1, -0.05) is 0 Å². The maximum atomic E-state index is 11.6. The van der Waals surface area contributed by atoms with Crippen LogP contribution in [-0.2, 0) is 0 Å². The number of piperazine rings is 1. The van der Waals surface area contributed by atoms with Crippen molar-refractivity contribution in [3.8, 4) is 11.5 Å². The molecule has 166 valence electrons. The average molecular weight is 430 g/mol. The molecule has 0 radical (unpaired) electrons. The van der Waals surface area contributed by atoms with Gasteiger partial charge in [-0.3, -0.25) is 10.1 Å². The van der Waals surface area contributed by atoms with Gasteiger partial charge in [0.1, 0.15) is 17.2 Å². The van der Waals surface area contributed by atoms with Gasteiger partial charge in [0.2, 0.25) is 0 Å². The summed E-state index contributed by atoms with van der Waals surface area (Å²) >= 11 is 0. The van der Waals surface area contributed by atoms with Crippen LogP contribution >= 0.6 is 0 Å². The molecule has 0 saturated carbocycles. The number of hydrogen-bond donors (Lipinski definition) is 2. The Kier molecular flexibility index (Phi) is 6.68. The molecule has 0 aliphatic carbocycles. The molecule has 31 heavy (non-hydrogen) atoms. The largest absolute Gasteiger partial charge is 0.497 e. The van der Waals surface area contributed by atoms with Crippen molar-refractivity contribution in [2.75, 3.05) is 50.6 Å². The molecule has 2 aromatic carbocycles. The monoisotopic (exact) mass is 430 g/mol. The maximum Gasteiger partial charge on any atom is 0.407 e. The number of carbonyl (C=O) groups is 1. The molecule has 1 fully saturated rings. The molecule has 1 aliphatic rings. The lowest BCUT2D eigenvalue weighted by atomic mass is 10.1. The highest BCUT2D eigenvalue weighted by atomic mass is 16.6. The number of rotatable bonds is 7. The Hall–Kier alpha value is -3.69. The lowest BCUT2D eigenvalue weighted by Crippen LogP contribution is -2.48. The van der Waals surface area contributed by atoms with Crippen LogP contribution in [-0.4, -0.2) is 61.4 Å². The van der Waals surface area contributed by atoms with Gasteiger partial charge in [0.05, 0.1) is 19.1 Å². The molecule has 1 aliphatic heterocycles. The third kappa shape index (κ3) is 5.08. The summed E-state index contributed by atoms with van der Waals surface area (Å²) in [6.45, 7) is 3.71. The van der Waals surface area contributed by atoms with Crippen LogP contribution in [0.3, 0.4) is 0 Å². The van der Waals surface area contributed by atoms with E-state index < -0.39 is 11.0 Å². The van der Waals surface area contributed by atoms with Crippen LogP contribution in [0.25, 0.3) is 0 Å². The Morgan fingerprint density at radius 1 is 1.10 bits per heavy atom. The Labute approximate surface area is 180 Å². The number of nitrogens with zero attached hydrogens (tertiary/aromatic N) is 3. The predicted molar refractivity (Wildman–Crippen MR) is 116 cm³/mol. The number of nitro groups is 1. The van der Waals surface area contributed by atoms with Crippen molar-refractivity contribution in [2.24, 2.45) is 0 Å². The van der Waals surface area contributed by atoms with E-state index in [-0.39, 0.29) is 11.7 Å². The predicted octanol–water partition coefficient (Wildman–Crippen LogP) is 3.59. The van der Waals surface area contributed by atoms with E-state index in [0.717, 1.165) is 11.3 Å².